The van der Waals surface area contributed by atoms with E-state index < -0.39 is 5.63 Å². The molecule has 0 bridgehead atoms. The van der Waals surface area contributed by atoms with Gasteiger partial charge in [0.1, 0.15) is 11.3 Å². The van der Waals surface area contributed by atoms with Gasteiger partial charge in [-0.3, -0.25) is 0 Å². The molecule has 0 radical (unpaired) electrons. The molecule has 4 heteroatoms. The lowest BCUT2D eigenvalue weighted by Crippen LogP contribution is -2.07. The molecule has 1 saturated carbocycles. The Morgan fingerprint density at radius 1 is 1.17 bits per heavy atom. The maximum atomic E-state index is 12.4. The van der Waals surface area contributed by atoms with Crippen molar-refractivity contribution in [2.75, 3.05) is 0 Å². The fourth-order valence-corrected chi connectivity index (χ4v) is 4.24. The summed E-state index contributed by atoms with van der Waals surface area (Å²) in [4.78, 5) is 16.8. The maximum Gasteiger partial charge on any atom is 0.362 e. The highest BCUT2D eigenvalue weighted by atomic mass is 16.4. The van der Waals surface area contributed by atoms with Crippen molar-refractivity contribution in [3.63, 3.8) is 0 Å². The van der Waals surface area contributed by atoms with Crippen LogP contribution in [0.1, 0.15) is 86.6 Å². The summed E-state index contributed by atoms with van der Waals surface area (Å²) in [5, 5.41) is 10.6. The zero-order chi connectivity index (χ0) is 21.1. The summed E-state index contributed by atoms with van der Waals surface area (Å²) in [6.45, 7) is 4.29. The molecule has 1 atom stereocenters. The van der Waals surface area contributed by atoms with E-state index >= 15 is 0 Å². The number of aliphatic hydroxyl groups is 1. The standard InChI is InChI=1S/C26H29NO3/c1-3-17(2)21-13-14-25-22(15-21)27-23(26(29)30-25)16-24(28)20-11-9-19(10-12-20)18-7-5-4-6-8-18/h9-18,28H,3-8H2,1-2H3/t17-/m0/s1. The van der Waals surface area contributed by atoms with Crippen molar-refractivity contribution in [2.45, 2.75) is 64.2 Å². The van der Waals surface area contributed by atoms with Crippen LogP contribution in [0.5, 0.6) is 0 Å². The summed E-state index contributed by atoms with van der Waals surface area (Å²) in [6.07, 6.45) is 8.81. The third-order valence-corrected chi connectivity index (χ3v) is 6.37. The van der Waals surface area contributed by atoms with Crippen LogP contribution in [0.15, 0.2) is 51.7 Å². The van der Waals surface area contributed by atoms with Crippen molar-refractivity contribution >= 4 is 22.9 Å². The van der Waals surface area contributed by atoms with Crippen LogP contribution >= 0.6 is 0 Å². The molecule has 30 heavy (non-hydrogen) atoms. The molecule has 0 aliphatic heterocycles. The molecule has 4 rings (SSSR count). The molecular weight excluding hydrogens is 374 g/mol. The fourth-order valence-electron chi connectivity index (χ4n) is 4.24. The van der Waals surface area contributed by atoms with Crippen LogP contribution in [-0.4, -0.2) is 10.1 Å². The number of nitrogens with zero attached hydrogens (tertiary/aromatic N) is 1. The Balaban J connectivity index is 1.62. The van der Waals surface area contributed by atoms with Crippen molar-refractivity contribution in [3.8, 4) is 0 Å². The van der Waals surface area contributed by atoms with Gasteiger partial charge in [0.2, 0.25) is 0 Å². The predicted molar refractivity (Wildman–Crippen MR) is 122 cm³/mol. The molecule has 3 aromatic rings. The number of hydrogen-bond acceptors (Lipinski definition) is 4. The number of hydrogen-bond donors (Lipinski definition) is 1. The molecule has 2 aromatic carbocycles. The minimum Gasteiger partial charge on any atom is -0.507 e. The third-order valence-electron chi connectivity index (χ3n) is 6.37. The Hall–Kier alpha value is -2.88. The highest BCUT2D eigenvalue weighted by Crippen LogP contribution is 2.33. The number of rotatable bonds is 5. The van der Waals surface area contributed by atoms with Crippen LogP contribution in [0.3, 0.4) is 0 Å². The van der Waals surface area contributed by atoms with Crippen LogP contribution in [0.25, 0.3) is 22.9 Å². The molecular formula is C26H29NO3. The van der Waals surface area contributed by atoms with Crippen LogP contribution in [-0.2, 0) is 0 Å². The smallest absolute Gasteiger partial charge is 0.362 e. The molecule has 1 aromatic heterocycles. The molecule has 0 saturated heterocycles. The topological polar surface area (TPSA) is 63.3 Å². The summed E-state index contributed by atoms with van der Waals surface area (Å²) in [6, 6.07) is 13.7. The lowest BCUT2D eigenvalue weighted by molar-refractivity contribution is 0.443. The van der Waals surface area contributed by atoms with Crippen molar-refractivity contribution in [3.05, 3.63) is 75.3 Å². The third kappa shape index (κ3) is 4.33. The zero-order valence-corrected chi connectivity index (χ0v) is 17.7. The van der Waals surface area contributed by atoms with Gasteiger partial charge in [-0.05, 0) is 54.4 Å². The Bertz CT molecular complexity index is 1110. The number of benzene rings is 2. The number of fused-ring (bicyclic) bond motifs is 1. The highest BCUT2D eigenvalue weighted by molar-refractivity contribution is 5.78. The van der Waals surface area contributed by atoms with Gasteiger partial charge in [0.05, 0.1) is 0 Å². The highest BCUT2D eigenvalue weighted by Gasteiger charge is 2.16. The molecule has 0 spiro atoms. The molecule has 0 unspecified atom stereocenters. The van der Waals surface area contributed by atoms with Gasteiger partial charge in [-0.2, -0.15) is 0 Å². The Kier molecular flexibility index (Phi) is 6.03. The van der Waals surface area contributed by atoms with Gasteiger partial charge in [0, 0.05) is 11.6 Å². The molecule has 1 heterocycles. The average Bonchev–Trinajstić information content (AvgIpc) is 2.79. The lowest BCUT2D eigenvalue weighted by atomic mass is 9.84. The first kappa shape index (κ1) is 20.4. The first-order valence-corrected chi connectivity index (χ1v) is 11.0. The normalized spacial score (nSPS) is 16.7. The Labute approximate surface area is 177 Å². The van der Waals surface area contributed by atoms with Crippen molar-refractivity contribution in [2.24, 2.45) is 0 Å². The largest absolute Gasteiger partial charge is 0.507 e. The van der Waals surface area contributed by atoms with Crippen LogP contribution in [0.2, 0.25) is 0 Å². The summed E-state index contributed by atoms with van der Waals surface area (Å²) in [5.74, 6) is 1.04. The molecule has 156 valence electrons. The summed E-state index contributed by atoms with van der Waals surface area (Å²) in [5.41, 5.74) is 3.79. The van der Waals surface area contributed by atoms with E-state index in [1.807, 2.05) is 24.3 Å². The molecule has 0 amide bonds. The van der Waals surface area contributed by atoms with Gasteiger partial charge in [-0.25, -0.2) is 9.78 Å². The second-order valence-corrected chi connectivity index (χ2v) is 8.41. The SMILES string of the molecule is CC[C@H](C)c1ccc2oc(=O)c(C=C(O)c3ccc(C4CCCCC4)cc3)nc2c1. The molecule has 4 nitrogen and oxygen atoms in total. The van der Waals surface area contributed by atoms with E-state index in [-0.39, 0.29) is 11.5 Å². The van der Waals surface area contributed by atoms with Gasteiger partial charge >= 0.3 is 5.63 Å². The fraction of sp³-hybridized carbons (Fsp3) is 0.385. The minimum atomic E-state index is -0.552. The second-order valence-electron chi connectivity index (χ2n) is 8.41. The van der Waals surface area contributed by atoms with E-state index in [9.17, 15) is 9.90 Å². The van der Waals surface area contributed by atoms with Gasteiger partial charge < -0.3 is 9.52 Å². The van der Waals surface area contributed by atoms with Crippen LogP contribution in [0.4, 0.5) is 0 Å². The molecule has 1 aliphatic carbocycles. The molecule has 1 fully saturated rings. The average molecular weight is 404 g/mol. The van der Waals surface area contributed by atoms with E-state index in [1.54, 1.807) is 6.07 Å². The van der Waals surface area contributed by atoms with E-state index in [1.165, 1.54) is 43.7 Å². The Morgan fingerprint density at radius 3 is 2.60 bits per heavy atom. The minimum absolute atomic E-state index is 0.0161. The van der Waals surface area contributed by atoms with E-state index in [0.717, 1.165) is 12.0 Å². The predicted octanol–water partition coefficient (Wildman–Crippen LogP) is 6.81. The van der Waals surface area contributed by atoms with Crippen molar-refractivity contribution in [1.82, 2.24) is 4.98 Å². The first-order chi connectivity index (χ1) is 14.5. The van der Waals surface area contributed by atoms with Gasteiger partial charge in [-0.1, -0.05) is 63.4 Å². The number of aromatic nitrogens is 1. The van der Waals surface area contributed by atoms with Gasteiger partial charge in [-0.15, -0.1) is 0 Å². The van der Waals surface area contributed by atoms with Crippen molar-refractivity contribution < 1.29 is 9.52 Å². The molecule has 1 aliphatic rings. The molecule has 1 N–H and O–H groups in total. The summed E-state index contributed by atoms with van der Waals surface area (Å²) < 4.78 is 5.42. The monoisotopic (exact) mass is 403 g/mol. The maximum absolute atomic E-state index is 12.4. The Morgan fingerprint density at radius 2 is 1.90 bits per heavy atom. The quantitative estimate of drug-likeness (QED) is 0.476. The summed E-state index contributed by atoms with van der Waals surface area (Å²) in [7, 11) is 0. The van der Waals surface area contributed by atoms with Gasteiger partial charge in [0.25, 0.3) is 0 Å². The first-order valence-electron chi connectivity index (χ1n) is 11.0. The summed E-state index contributed by atoms with van der Waals surface area (Å²) >= 11 is 0. The second kappa shape index (κ2) is 8.86. The number of aliphatic hydroxyl groups excluding tert-OH is 1. The van der Waals surface area contributed by atoms with E-state index in [2.05, 4.69) is 31.0 Å². The van der Waals surface area contributed by atoms with Gasteiger partial charge in [0.15, 0.2) is 11.3 Å². The van der Waals surface area contributed by atoms with Crippen LogP contribution in [0, 0.1) is 0 Å². The zero-order valence-electron chi connectivity index (χ0n) is 17.7. The van der Waals surface area contributed by atoms with E-state index in [4.69, 9.17) is 4.42 Å². The lowest BCUT2D eigenvalue weighted by Gasteiger charge is -2.22. The van der Waals surface area contributed by atoms with Crippen molar-refractivity contribution in [1.29, 1.82) is 0 Å². The van der Waals surface area contributed by atoms with Crippen LogP contribution < -0.4 is 5.63 Å². The van der Waals surface area contributed by atoms with E-state index in [0.29, 0.717) is 28.5 Å².